The Morgan fingerprint density at radius 1 is 1.04 bits per heavy atom. The molecule has 2 rings (SSSR count). The number of carbonyl (C=O) groups is 2. The lowest BCUT2D eigenvalue weighted by molar-refractivity contribution is -0.154. The summed E-state index contributed by atoms with van der Waals surface area (Å²) >= 11 is 5.89. The molecule has 0 heterocycles. The summed E-state index contributed by atoms with van der Waals surface area (Å²) in [6, 6.07) is 16.7. The van der Waals surface area contributed by atoms with Crippen LogP contribution in [0.25, 0.3) is 5.57 Å². The smallest absolute Gasteiger partial charge is 0.375 e. The number of hydrogen-bond acceptors (Lipinski definition) is 3. The molecule has 4 heteroatoms. The number of benzene rings is 2. The van der Waals surface area contributed by atoms with Crippen molar-refractivity contribution in [2.75, 3.05) is 0 Å². The van der Waals surface area contributed by atoms with E-state index in [4.69, 9.17) is 16.3 Å². The van der Waals surface area contributed by atoms with Crippen LogP contribution in [0.5, 0.6) is 0 Å². The van der Waals surface area contributed by atoms with Crippen molar-refractivity contribution in [1.82, 2.24) is 0 Å². The monoisotopic (exact) mass is 380 g/mol. The molecule has 0 atom stereocenters. The van der Waals surface area contributed by atoms with E-state index in [0.717, 1.165) is 16.7 Å². The van der Waals surface area contributed by atoms with Gasteiger partial charge in [0.1, 0.15) is 6.61 Å². The van der Waals surface area contributed by atoms with Gasteiger partial charge < -0.3 is 4.74 Å². The summed E-state index contributed by atoms with van der Waals surface area (Å²) in [4.78, 5) is 24.0. The minimum absolute atomic E-state index is 0.0540. The molecule has 0 bridgehead atoms. The first-order chi connectivity index (χ1) is 13.0. The van der Waals surface area contributed by atoms with Crippen LogP contribution >= 0.6 is 11.6 Å². The van der Waals surface area contributed by atoms with E-state index >= 15 is 0 Å². The molecule has 2 aromatic carbocycles. The van der Waals surface area contributed by atoms with Crippen molar-refractivity contribution in [3.8, 4) is 0 Å². The van der Waals surface area contributed by atoms with Gasteiger partial charge in [-0.1, -0.05) is 78.9 Å². The Bertz CT molecular complexity index is 862. The predicted molar refractivity (Wildman–Crippen MR) is 109 cm³/mol. The molecule has 3 nitrogen and oxygen atoms in total. The van der Waals surface area contributed by atoms with Crippen LogP contribution in [0, 0.1) is 0 Å². The molecule has 0 saturated heterocycles. The molecular weight excluding hydrogens is 360 g/mol. The van der Waals surface area contributed by atoms with E-state index in [1.807, 2.05) is 67.6 Å². The Morgan fingerprint density at radius 3 is 2.33 bits per heavy atom. The van der Waals surface area contributed by atoms with Gasteiger partial charge in [0.25, 0.3) is 0 Å². The summed E-state index contributed by atoms with van der Waals surface area (Å²) in [6.07, 6.45) is 5.16. The van der Waals surface area contributed by atoms with Crippen molar-refractivity contribution in [2.45, 2.75) is 20.0 Å². The van der Waals surface area contributed by atoms with Crippen LogP contribution in [0.2, 0.25) is 5.02 Å². The van der Waals surface area contributed by atoms with Gasteiger partial charge in [-0.05, 0) is 41.3 Å². The van der Waals surface area contributed by atoms with Crippen LogP contribution in [0.4, 0.5) is 0 Å². The fraction of sp³-hybridized carbons (Fsp3) is 0.130. The number of halogens is 1. The molecule has 0 radical (unpaired) electrons. The number of ketones is 1. The van der Waals surface area contributed by atoms with Gasteiger partial charge in [0.15, 0.2) is 0 Å². The molecule has 0 aliphatic heterocycles. The Balaban J connectivity index is 1.96. The maximum Gasteiger partial charge on any atom is 0.375 e. The van der Waals surface area contributed by atoms with Crippen LogP contribution in [0.3, 0.4) is 0 Å². The van der Waals surface area contributed by atoms with Crippen molar-refractivity contribution in [2.24, 2.45) is 0 Å². The van der Waals surface area contributed by atoms with Crippen LogP contribution in [-0.2, 0) is 20.9 Å². The summed E-state index contributed by atoms with van der Waals surface area (Å²) in [6.45, 7) is 5.74. The molecular formula is C23H21ClO3. The van der Waals surface area contributed by atoms with Crippen LogP contribution in [0.1, 0.15) is 24.5 Å². The Labute approximate surface area is 164 Å². The maximum atomic E-state index is 12.1. The normalized spacial score (nSPS) is 11.8. The van der Waals surface area contributed by atoms with E-state index in [2.05, 4.69) is 6.58 Å². The number of Topliss-reactive ketones (excluding diaryl/α,β-unsaturated/α-hetero) is 1. The highest BCUT2D eigenvalue weighted by atomic mass is 35.5. The van der Waals surface area contributed by atoms with Gasteiger partial charge in [-0.3, -0.25) is 4.79 Å². The Kier molecular flexibility index (Phi) is 7.78. The van der Waals surface area contributed by atoms with Crippen molar-refractivity contribution < 1.29 is 14.3 Å². The Hall–Kier alpha value is -2.91. The lowest BCUT2D eigenvalue weighted by atomic mass is 10.0. The summed E-state index contributed by atoms with van der Waals surface area (Å²) in [5.41, 5.74) is 3.50. The zero-order valence-corrected chi connectivity index (χ0v) is 15.9. The molecule has 0 aromatic heterocycles. The highest BCUT2D eigenvalue weighted by molar-refractivity contribution is 6.34. The second-order valence-electron chi connectivity index (χ2n) is 5.96. The van der Waals surface area contributed by atoms with Crippen molar-refractivity contribution in [3.05, 3.63) is 101 Å². The molecule has 27 heavy (non-hydrogen) atoms. The quantitative estimate of drug-likeness (QED) is 0.342. The topological polar surface area (TPSA) is 43.4 Å². The van der Waals surface area contributed by atoms with Crippen molar-refractivity contribution >= 4 is 28.9 Å². The van der Waals surface area contributed by atoms with E-state index < -0.39 is 11.8 Å². The number of ether oxygens (including phenoxy) is 1. The van der Waals surface area contributed by atoms with Gasteiger partial charge in [-0.15, -0.1) is 0 Å². The van der Waals surface area contributed by atoms with Gasteiger partial charge >= 0.3 is 5.97 Å². The third-order valence-corrected chi connectivity index (χ3v) is 4.17. The van der Waals surface area contributed by atoms with Crippen LogP contribution < -0.4 is 0 Å². The van der Waals surface area contributed by atoms with E-state index in [-0.39, 0.29) is 13.0 Å². The molecule has 0 saturated carbocycles. The third-order valence-electron chi connectivity index (χ3n) is 3.91. The summed E-state index contributed by atoms with van der Waals surface area (Å²) in [5.74, 6) is -1.44. The highest BCUT2D eigenvalue weighted by Crippen LogP contribution is 2.18. The number of hydrogen-bond donors (Lipinski definition) is 0. The Morgan fingerprint density at radius 2 is 1.70 bits per heavy atom. The molecule has 0 spiro atoms. The zero-order valence-electron chi connectivity index (χ0n) is 15.2. The maximum absolute atomic E-state index is 12.1. The van der Waals surface area contributed by atoms with E-state index in [1.54, 1.807) is 12.2 Å². The van der Waals surface area contributed by atoms with Gasteiger partial charge in [-0.25, -0.2) is 4.79 Å². The fourth-order valence-corrected chi connectivity index (χ4v) is 2.43. The number of esters is 1. The van der Waals surface area contributed by atoms with E-state index in [9.17, 15) is 9.59 Å². The highest BCUT2D eigenvalue weighted by Gasteiger charge is 2.16. The van der Waals surface area contributed by atoms with Gasteiger partial charge in [-0.2, -0.15) is 0 Å². The minimum Gasteiger partial charge on any atom is -0.455 e. The molecule has 2 aromatic rings. The molecule has 0 amide bonds. The summed E-state index contributed by atoms with van der Waals surface area (Å²) in [7, 11) is 0. The third kappa shape index (κ3) is 6.72. The number of carbonyl (C=O) groups excluding carboxylic acids is 2. The van der Waals surface area contributed by atoms with Crippen LogP contribution in [0.15, 0.2) is 85.0 Å². The van der Waals surface area contributed by atoms with Gasteiger partial charge in [0.05, 0.1) is 0 Å². The predicted octanol–water partition coefficient (Wildman–Crippen LogP) is 5.56. The second-order valence-corrected chi connectivity index (χ2v) is 6.40. The minimum atomic E-state index is -0.843. The number of allylic oxidation sites excluding steroid dienone is 5. The molecule has 0 aliphatic carbocycles. The lowest BCUT2D eigenvalue weighted by Crippen LogP contribution is -2.17. The summed E-state index contributed by atoms with van der Waals surface area (Å²) in [5, 5.41) is 0.675. The second kappa shape index (κ2) is 10.3. The van der Waals surface area contributed by atoms with Gasteiger partial charge in [0, 0.05) is 11.4 Å². The first-order valence-electron chi connectivity index (χ1n) is 8.49. The average molecular weight is 381 g/mol. The molecule has 138 valence electrons. The van der Waals surface area contributed by atoms with Crippen molar-refractivity contribution in [1.29, 1.82) is 0 Å². The first kappa shape index (κ1) is 20.4. The first-order valence-corrected chi connectivity index (χ1v) is 8.87. The van der Waals surface area contributed by atoms with E-state index in [0.29, 0.717) is 10.6 Å². The average Bonchev–Trinajstić information content (AvgIpc) is 2.70. The SMILES string of the molecule is C=C/C(=C\C=C(/C)c1ccc(Cl)cc1)CC(=O)C(=O)OCc1ccccc1. The standard InChI is InChI=1S/C23H21ClO3/c1-3-18(10-9-17(2)20-11-13-21(24)14-12-20)15-22(25)23(26)27-16-19-7-5-4-6-8-19/h3-14H,1,15-16H2,2H3/b17-9+,18-10+. The lowest BCUT2D eigenvalue weighted by Gasteiger charge is -2.05. The van der Waals surface area contributed by atoms with E-state index in [1.165, 1.54) is 0 Å². The molecule has 0 fully saturated rings. The van der Waals surface area contributed by atoms with Crippen LogP contribution in [-0.4, -0.2) is 11.8 Å². The zero-order chi connectivity index (χ0) is 19.6. The fourth-order valence-electron chi connectivity index (χ4n) is 2.30. The molecule has 0 aliphatic rings. The molecule has 0 unspecified atom stereocenters. The largest absolute Gasteiger partial charge is 0.455 e. The van der Waals surface area contributed by atoms with Crippen molar-refractivity contribution in [3.63, 3.8) is 0 Å². The summed E-state index contributed by atoms with van der Waals surface area (Å²) < 4.78 is 5.06. The number of rotatable bonds is 8. The van der Waals surface area contributed by atoms with Gasteiger partial charge in [0.2, 0.25) is 5.78 Å². The molecule has 0 N–H and O–H groups in total.